The van der Waals surface area contributed by atoms with E-state index in [0.29, 0.717) is 24.2 Å². The number of ketones is 1. The largest absolute Gasteiger partial charge is 0.392 e. The second-order valence-electron chi connectivity index (χ2n) is 9.82. The molecule has 160 valence electrons. The van der Waals surface area contributed by atoms with E-state index in [1.807, 2.05) is 33.8 Å². The first kappa shape index (κ1) is 20.8. The van der Waals surface area contributed by atoms with Crippen molar-refractivity contribution >= 4 is 5.78 Å². The predicted molar refractivity (Wildman–Crippen MR) is 106 cm³/mol. The van der Waals surface area contributed by atoms with Gasteiger partial charge in [0.25, 0.3) is 0 Å². The number of fused-ring (bicyclic) bond motifs is 5. The van der Waals surface area contributed by atoms with E-state index in [0.717, 1.165) is 0 Å². The number of Topliss-reactive ketones (excluding diaryl/α,β-unsaturated/α-hetero) is 1. The summed E-state index contributed by atoms with van der Waals surface area (Å²) in [6.45, 7) is 9.68. The molecule has 0 spiro atoms. The normalized spacial score (nSPS) is 47.8. The third-order valence-electron chi connectivity index (χ3n) is 7.55. The Bertz CT molecular complexity index is 833. The highest BCUT2D eigenvalue weighted by molar-refractivity contribution is 5.98. The van der Waals surface area contributed by atoms with Gasteiger partial charge in [-0.15, -0.1) is 0 Å². The number of carbonyl (C=O) groups excluding carboxylic acids is 1. The van der Waals surface area contributed by atoms with Gasteiger partial charge < -0.3 is 20.1 Å². The van der Waals surface area contributed by atoms with Gasteiger partial charge in [0.2, 0.25) is 0 Å². The van der Waals surface area contributed by atoms with Crippen LogP contribution in [0.2, 0.25) is 0 Å². The second kappa shape index (κ2) is 6.30. The lowest BCUT2D eigenvalue weighted by Gasteiger charge is -2.55. The van der Waals surface area contributed by atoms with E-state index in [4.69, 9.17) is 4.74 Å². The first-order valence-corrected chi connectivity index (χ1v) is 10.6. The van der Waals surface area contributed by atoms with Crippen LogP contribution in [0, 0.1) is 23.7 Å². The number of aliphatic hydroxyl groups is 3. The number of allylic oxidation sites excluding steroid dienone is 1. The van der Waals surface area contributed by atoms with E-state index in [1.54, 1.807) is 13.0 Å². The van der Waals surface area contributed by atoms with Crippen molar-refractivity contribution in [2.45, 2.75) is 69.9 Å². The van der Waals surface area contributed by atoms with Crippen molar-refractivity contribution in [3.8, 4) is 0 Å². The van der Waals surface area contributed by atoms with Crippen molar-refractivity contribution < 1.29 is 24.9 Å². The minimum atomic E-state index is -1.80. The minimum Gasteiger partial charge on any atom is -0.392 e. The molecule has 0 bridgehead atoms. The average Bonchev–Trinajstić information content (AvgIpc) is 2.99. The Morgan fingerprint density at radius 3 is 2.52 bits per heavy atom. The highest BCUT2D eigenvalue weighted by Gasteiger charge is 2.70. The highest BCUT2D eigenvalue weighted by Crippen LogP contribution is 2.63. The third-order valence-corrected chi connectivity index (χ3v) is 7.55. The molecular weight excluding hydrogens is 372 g/mol. The van der Waals surface area contributed by atoms with Gasteiger partial charge in [0.15, 0.2) is 17.1 Å². The van der Waals surface area contributed by atoms with Gasteiger partial charge >= 0.3 is 0 Å². The average molecular weight is 405 g/mol. The van der Waals surface area contributed by atoms with Crippen LogP contribution in [0.25, 0.3) is 0 Å². The maximum absolute atomic E-state index is 12.9. The van der Waals surface area contributed by atoms with Crippen LogP contribution >= 0.6 is 0 Å². The van der Waals surface area contributed by atoms with Crippen LogP contribution in [0.15, 0.2) is 33.5 Å². The quantitative estimate of drug-likeness (QED) is 0.624. The number of hydrogen-bond donors (Lipinski definition) is 3. The zero-order valence-electron chi connectivity index (χ0n) is 17.8. The Labute approximate surface area is 171 Å². The van der Waals surface area contributed by atoms with Crippen LogP contribution in [0.5, 0.6) is 0 Å². The van der Waals surface area contributed by atoms with E-state index in [9.17, 15) is 20.1 Å². The molecule has 0 saturated heterocycles. The summed E-state index contributed by atoms with van der Waals surface area (Å²) in [5.74, 6) is -1.96. The maximum Gasteiger partial charge on any atom is 0.185 e. The molecule has 0 aromatic carbocycles. The van der Waals surface area contributed by atoms with Crippen molar-refractivity contribution in [2.24, 2.45) is 33.9 Å². The van der Waals surface area contributed by atoms with Gasteiger partial charge in [-0.25, -0.2) is 0 Å². The number of ether oxygens (including phenoxy) is 1. The van der Waals surface area contributed by atoms with Crippen LogP contribution in [0.1, 0.15) is 47.5 Å². The van der Waals surface area contributed by atoms with E-state index in [1.165, 1.54) is 0 Å². The van der Waals surface area contributed by atoms with Crippen LogP contribution in [-0.2, 0) is 9.53 Å². The summed E-state index contributed by atoms with van der Waals surface area (Å²) >= 11 is 0. The second-order valence-corrected chi connectivity index (χ2v) is 9.82. The first-order chi connectivity index (χ1) is 13.5. The molecule has 4 rings (SSSR count). The molecule has 3 aliphatic carbocycles. The maximum atomic E-state index is 12.9. The smallest absolute Gasteiger partial charge is 0.185 e. The first-order valence-electron chi connectivity index (χ1n) is 10.6. The van der Waals surface area contributed by atoms with Crippen LogP contribution in [0.4, 0.5) is 0 Å². The Kier molecular flexibility index (Phi) is 4.53. The van der Waals surface area contributed by atoms with Crippen molar-refractivity contribution in [1.29, 1.82) is 0 Å². The molecule has 0 aromatic heterocycles. The van der Waals surface area contributed by atoms with Gasteiger partial charge in [-0.2, -0.15) is 10.2 Å². The summed E-state index contributed by atoms with van der Waals surface area (Å²) in [6, 6.07) is 0. The summed E-state index contributed by atoms with van der Waals surface area (Å²) in [7, 11) is 0. The monoisotopic (exact) mass is 404 g/mol. The molecule has 1 heterocycles. The number of carbonyl (C=O) groups is 1. The molecule has 0 radical (unpaired) electrons. The summed E-state index contributed by atoms with van der Waals surface area (Å²) in [4.78, 5) is 12.9. The predicted octanol–water partition coefficient (Wildman–Crippen LogP) is 2.17. The van der Waals surface area contributed by atoms with Gasteiger partial charge in [-0.05, 0) is 37.8 Å². The Morgan fingerprint density at radius 1 is 1.21 bits per heavy atom. The minimum absolute atomic E-state index is 0.00684. The zero-order valence-corrected chi connectivity index (χ0v) is 17.8. The molecule has 0 amide bonds. The fourth-order valence-electron chi connectivity index (χ4n) is 6.42. The van der Waals surface area contributed by atoms with Gasteiger partial charge in [-0.3, -0.25) is 4.79 Å². The van der Waals surface area contributed by atoms with E-state index < -0.39 is 34.3 Å². The topological polar surface area (TPSA) is 112 Å². The summed E-state index contributed by atoms with van der Waals surface area (Å²) < 4.78 is 6.17. The van der Waals surface area contributed by atoms with Crippen LogP contribution in [-0.4, -0.2) is 56.8 Å². The summed E-state index contributed by atoms with van der Waals surface area (Å²) in [6.07, 6.45) is 4.00. The number of rotatable bonds is 3. The molecule has 0 aromatic rings. The van der Waals surface area contributed by atoms with Crippen molar-refractivity contribution in [3.05, 3.63) is 23.3 Å². The van der Waals surface area contributed by atoms with Crippen molar-refractivity contribution in [1.82, 2.24) is 0 Å². The lowest BCUT2D eigenvalue weighted by Crippen LogP contribution is -2.65. The van der Waals surface area contributed by atoms with Crippen LogP contribution in [0.3, 0.4) is 0 Å². The van der Waals surface area contributed by atoms with Crippen molar-refractivity contribution in [2.75, 3.05) is 13.2 Å². The molecule has 7 heteroatoms. The SMILES string of the molecule is CCO[C@@]12C[C@@H](C)[C@]3(O)C4=CC(C)C(=O)[C@@]4(O)CC(CO)=C[C@H]3[C@@H]1C(C)(C)N=N2. The molecule has 4 aliphatic rings. The number of nitrogens with zero attached hydrogens (tertiary/aromatic N) is 2. The molecule has 1 saturated carbocycles. The zero-order chi connectivity index (χ0) is 21.4. The van der Waals surface area contributed by atoms with Crippen LogP contribution < -0.4 is 0 Å². The molecule has 7 nitrogen and oxygen atoms in total. The van der Waals surface area contributed by atoms with E-state index in [-0.39, 0.29) is 30.6 Å². The Morgan fingerprint density at radius 2 is 1.90 bits per heavy atom. The fourth-order valence-corrected chi connectivity index (χ4v) is 6.42. The molecule has 29 heavy (non-hydrogen) atoms. The summed E-state index contributed by atoms with van der Waals surface area (Å²) in [5, 5.41) is 42.8. The number of hydrogen-bond acceptors (Lipinski definition) is 7. The lowest BCUT2D eigenvalue weighted by molar-refractivity contribution is -0.189. The Hall–Kier alpha value is -1.41. The highest BCUT2D eigenvalue weighted by atomic mass is 16.5. The molecular formula is C22H32N2O5. The molecule has 1 aliphatic heterocycles. The number of azo groups is 1. The molecule has 1 fully saturated rings. The number of aliphatic hydroxyl groups excluding tert-OH is 1. The van der Waals surface area contributed by atoms with E-state index >= 15 is 0 Å². The fraction of sp³-hybridized carbons (Fsp3) is 0.773. The van der Waals surface area contributed by atoms with Crippen molar-refractivity contribution in [3.63, 3.8) is 0 Å². The van der Waals surface area contributed by atoms with Gasteiger partial charge in [0.05, 0.1) is 17.7 Å². The summed E-state index contributed by atoms with van der Waals surface area (Å²) in [5.41, 5.74) is -3.82. The standard InChI is InChI=1S/C22H32N2O5/c1-6-29-21-9-13(3)22(28)15(17(21)19(4,5)23-24-21)8-14(11-25)10-20(27)16(22)7-12(2)18(20)26/h7-8,12-13,15,17,25,27-28H,6,9-11H2,1-5H3/t12?,13-,15+,17-,20-,21+,22-/m1/s1. The third kappa shape index (κ3) is 2.54. The van der Waals surface area contributed by atoms with Gasteiger partial charge in [0.1, 0.15) is 0 Å². The van der Waals surface area contributed by atoms with Gasteiger partial charge in [0, 0.05) is 37.2 Å². The Balaban J connectivity index is 1.96. The van der Waals surface area contributed by atoms with Gasteiger partial charge in [-0.1, -0.05) is 26.0 Å². The molecule has 1 unspecified atom stereocenters. The lowest BCUT2D eigenvalue weighted by atomic mass is 9.54. The molecule has 7 atom stereocenters. The molecule has 3 N–H and O–H groups in total. The van der Waals surface area contributed by atoms with E-state index in [2.05, 4.69) is 10.2 Å².